The zero-order chi connectivity index (χ0) is 34.3. The summed E-state index contributed by atoms with van der Waals surface area (Å²) in [5.41, 5.74) is 6.06. The van der Waals surface area contributed by atoms with Crippen LogP contribution in [0.15, 0.2) is 97.2 Å². The van der Waals surface area contributed by atoms with E-state index in [1.807, 2.05) is 69.3 Å². The maximum Gasteiger partial charge on any atom is 0.411 e. The number of hydrogen-bond acceptors (Lipinski definition) is 6. The molecule has 0 bridgehead atoms. The summed E-state index contributed by atoms with van der Waals surface area (Å²) < 4.78 is 13.7. The Morgan fingerprint density at radius 1 is 0.878 bits per heavy atom. The summed E-state index contributed by atoms with van der Waals surface area (Å²) in [6.07, 6.45) is 4.59. The van der Waals surface area contributed by atoms with Crippen molar-refractivity contribution in [1.82, 2.24) is 9.47 Å². The maximum absolute atomic E-state index is 13.2. The van der Waals surface area contributed by atoms with Crippen LogP contribution in [0, 0.1) is 6.92 Å². The predicted octanol–water partition coefficient (Wildman–Crippen LogP) is 8.68. The normalized spacial score (nSPS) is 13.8. The first-order valence-corrected chi connectivity index (χ1v) is 17.1. The van der Waals surface area contributed by atoms with Crippen molar-refractivity contribution in [2.75, 3.05) is 23.7 Å². The van der Waals surface area contributed by atoms with Crippen LogP contribution in [-0.4, -0.2) is 51.9 Å². The molecule has 2 heterocycles. The maximum atomic E-state index is 13.2. The van der Waals surface area contributed by atoms with Crippen molar-refractivity contribution < 1.29 is 24.2 Å². The second-order valence-electron chi connectivity index (χ2n) is 12.6. The third-order valence-corrected chi connectivity index (χ3v) is 9.10. The molecule has 0 spiro atoms. The van der Waals surface area contributed by atoms with Gasteiger partial charge in [-0.1, -0.05) is 32.0 Å². The Morgan fingerprint density at radius 2 is 1.57 bits per heavy atom. The Bertz CT molecular complexity index is 1890. The standard InChI is InChI=1S/C40H44N4O5/c1-4-34(5-2)49-40(47)42-30-12-17-35(18-13-30)48-38-19-14-31(24-27(38)3)41-39(46)28-10-15-32(16-11-28)44-26-29(36-8-6-7-9-37(36)44)25-43-22-20-33(45)21-23-43/h6-19,24,26,33-34,45H,4-5,20-23,25H2,1-3H3,(H,41,46)(H,42,47). The fourth-order valence-corrected chi connectivity index (χ4v) is 6.21. The highest BCUT2D eigenvalue weighted by Crippen LogP contribution is 2.30. The zero-order valence-electron chi connectivity index (χ0n) is 28.3. The third kappa shape index (κ3) is 8.31. The first-order valence-electron chi connectivity index (χ1n) is 17.1. The van der Waals surface area contributed by atoms with E-state index in [4.69, 9.17) is 9.47 Å². The SMILES string of the molecule is CCC(CC)OC(=O)Nc1ccc(Oc2ccc(NC(=O)c3ccc(-n4cc(CN5CCC(O)CC5)c5ccccc54)cc3)cc2C)cc1. The van der Waals surface area contributed by atoms with Gasteiger partial charge in [-0.3, -0.25) is 15.0 Å². The quantitative estimate of drug-likeness (QED) is 0.131. The number of aliphatic hydroxyl groups is 1. The van der Waals surface area contributed by atoms with Crippen LogP contribution in [0.25, 0.3) is 16.6 Å². The average Bonchev–Trinajstić information content (AvgIpc) is 3.48. The molecule has 0 aliphatic carbocycles. The summed E-state index contributed by atoms with van der Waals surface area (Å²) in [6, 6.07) is 28.6. The molecule has 0 atom stereocenters. The highest BCUT2D eigenvalue weighted by Gasteiger charge is 2.19. The molecule has 4 aromatic carbocycles. The minimum Gasteiger partial charge on any atom is -0.457 e. The summed E-state index contributed by atoms with van der Waals surface area (Å²) in [5, 5.41) is 16.9. The van der Waals surface area contributed by atoms with Gasteiger partial charge in [0.05, 0.1) is 11.6 Å². The fraction of sp³-hybridized carbons (Fsp3) is 0.300. The van der Waals surface area contributed by atoms with Gasteiger partial charge in [-0.2, -0.15) is 0 Å². The van der Waals surface area contributed by atoms with E-state index in [0.717, 1.165) is 62.1 Å². The van der Waals surface area contributed by atoms with Crippen LogP contribution < -0.4 is 15.4 Å². The van der Waals surface area contributed by atoms with Gasteiger partial charge in [0.25, 0.3) is 5.91 Å². The number of carbonyl (C=O) groups is 2. The largest absolute Gasteiger partial charge is 0.457 e. The van der Waals surface area contributed by atoms with Crippen LogP contribution in [0.1, 0.15) is 61.0 Å². The van der Waals surface area contributed by atoms with Gasteiger partial charge in [0.15, 0.2) is 0 Å². The molecule has 9 nitrogen and oxygen atoms in total. The molecule has 5 aromatic rings. The topological polar surface area (TPSA) is 105 Å². The number of amides is 2. The van der Waals surface area contributed by atoms with Crippen molar-refractivity contribution in [3.8, 4) is 17.2 Å². The molecule has 1 fully saturated rings. The zero-order valence-corrected chi connectivity index (χ0v) is 28.3. The van der Waals surface area contributed by atoms with E-state index in [1.54, 1.807) is 24.3 Å². The fourth-order valence-electron chi connectivity index (χ4n) is 6.21. The lowest BCUT2D eigenvalue weighted by atomic mass is 10.1. The third-order valence-electron chi connectivity index (χ3n) is 9.10. The van der Waals surface area contributed by atoms with Crippen LogP contribution in [0.3, 0.4) is 0 Å². The predicted molar refractivity (Wildman–Crippen MR) is 194 cm³/mol. The van der Waals surface area contributed by atoms with Gasteiger partial charge in [-0.05, 0) is 117 Å². The van der Waals surface area contributed by atoms with Crippen molar-refractivity contribution in [2.45, 2.75) is 65.2 Å². The van der Waals surface area contributed by atoms with E-state index in [1.165, 1.54) is 10.9 Å². The number of para-hydroxylation sites is 1. The van der Waals surface area contributed by atoms with Gasteiger partial charge in [0, 0.05) is 53.8 Å². The molecule has 1 aromatic heterocycles. The lowest BCUT2D eigenvalue weighted by molar-refractivity contribution is 0.0794. The minimum absolute atomic E-state index is 0.100. The van der Waals surface area contributed by atoms with Crippen LogP contribution >= 0.6 is 0 Å². The summed E-state index contributed by atoms with van der Waals surface area (Å²) >= 11 is 0. The van der Waals surface area contributed by atoms with Crippen molar-refractivity contribution in [1.29, 1.82) is 0 Å². The molecular weight excluding hydrogens is 616 g/mol. The molecule has 0 radical (unpaired) electrons. The molecular formula is C40H44N4O5. The number of likely N-dealkylation sites (tertiary alicyclic amines) is 1. The number of fused-ring (bicyclic) bond motifs is 1. The first kappa shape index (κ1) is 33.8. The van der Waals surface area contributed by atoms with E-state index >= 15 is 0 Å². The van der Waals surface area contributed by atoms with Crippen molar-refractivity contribution in [3.63, 3.8) is 0 Å². The molecule has 1 aliphatic rings. The highest BCUT2D eigenvalue weighted by atomic mass is 16.6. The number of benzene rings is 4. The number of rotatable bonds is 11. The van der Waals surface area contributed by atoms with E-state index < -0.39 is 6.09 Å². The highest BCUT2D eigenvalue weighted by molar-refractivity contribution is 6.04. The number of anilines is 2. The Balaban J connectivity index is 1.07. The lowest BCUT2D eigenvalue weighted by Gasteiger charge is -2.29. The number of hydrogen-bond donors (Lipinski definition) is 3. The van der Waals surface area contributed by atoms with E-state index in [0.29, 0.717) is 28.4 Å². The molecule has 9 heteroatoms. The van der Waals surface area contributed by atoms with E-state index in [-0.39, 0.29) is 18.1 Å². The second kappa shape index (κ2) is 15.4. The number of aromatic nitrogens is 1. The van der Waals surface area contributed by atoms with Crippen LogP contribution in [0.4, 0.5) is 16.2 Å². The molecule has 49 heavy (non-hydrogen) atoms. The van der Waals surface area contributed by atoms with Crippen LogP contribution in [0.5, 0.6) is 11.5 Å². The number of carbonyl (C=O) groups excluding carboxylic acids is 2. The Hall–Kier alpha value is -5.12. The van der Waals surface area contributed by atoms with E-state index in [2.05, 4.69) is 44.5 Å². The first-order chi connectivity index (χ1) is 23.8. The molecule has 2 amide bonds. The minimum atomic E-state index is -0.471. The smallest absolute Gasteiger partial charge is 0.411 e. The molecule has 0 saturated carbocycles. The van der Waals surface area contributed by atoms with Gasteiger partial charge >= 0.3 is 6.09 Å². The molecule has 254 valence electrons. The Morgan fingerprint density at radius 3 is 2.27 bits per heavy atom. The summed E-state index contributed by atoms with van der Waals surface area (Å²) in [4.78, 5) is 27.7. The summed E-state index contributed by atoms with van der Waals surface area (Å²) in [7, 11) is 0. The second-order valence-corrected chi connectivity index (χ2v) is 12.6. The van der Waals surface area contributed by atoms with Gasteiger partial charge in [-0.25, -0.2) is 4.79 Å². The monoisotopic (exact) mass is 660 g/mol. The summed E-state index contributed by atoms with van der Waals surface area (Å²) in [5.74, 6) is 1.08. The number of aryl methyl sites for hydroxylation is 1. The van der Waals surface area contributed by atoms with Gasteiger partial charge in [-0.15, -0.1) is 0 Å². The lowest BCUT2D eigenvalue weighted by Crippen LogP contribution is -2.35. The molecule has 0 unspecified atom stereocenters. The number of nitrogens with one attached hydrogen (secondary N) is 2. The number of piperidine rings is 1. The van der Waals surface area contributed by atoms with Crippen LogP contribution in [-0.2, 0) is 11.3 Å². The molecule has 1 saturated heterocycles. The van der Waals surface area contributed by atoms with Crippen molar-refractivity contribution >= 4 is 34.3 Å². The molecule has 6 rings (SSSR count). The number of nitrogens with zero attached hydrogens (tertiary/aromatic N) is 2. The van der Waals surface area contributed by atoms with Crippen molar-refractivity contribution in [2.24, 2.45) is 0 Å². The Kier molecular flexibility index (Phi) is 10.6. The number of aliphatic hydroxyl groups excluding tert-OH is 1. The molecule has 1 aliphatic heterocycles. The van der Waals surface area contributed by atoms with E-state index in [9.17, 15) is 14.7 Å². The number of ether oxygens (including phenoxy) is 2. The van der Waals surface area contributed by atoms with Gasteiger partial charge < -0.3 is 24.5 Å². The van der Waals surface area contributed by atoms with Gasteiger partial charge in [0.2, 0.25) is 0 Å². The summed E-state index contributed by atoms with van der Waals surface area (Å²) in [6.45, 7) is 8.53. The van der Waals surface area contributed by atoms with Gasteiger partial charge in [0.1, 0.15) is 17.6 Å². The average molecular weight is 661 g/mol. The van der Waals surface area contributed by atoms with Crippen molar-refractivity contribution in [3.05, 3.63) is 114 Å². The van der Waals surface area contributed by atoms with Crippen LogP contribution in [0.2, 0.25) is 0 Å². The Labute approximate surface area is 287 Å². The molecule has 3 N–H and O–H groups in total.